The third kappa shape index (κ3) is 3.57. The molecule has 2 amide bonds. The van der Waals surface area contributed by atoms with E-state index >= 15 is 0 Å². The Bertz CT molecular complexity index is 793. The standard InChI is InChI=1S/C16H15N3O4/c20-14-4-1-10(8-18-14)5-6-17-16(22)11-2-3-12-13(7-11)23-9-15(21)19-12/h1-4,7-8H,5-6,9H2,(H,17,22)(H,18,20)(H,19,21). The second-order valence-corrected chi connectivity index (χ2v) is 5.11. The van der Waals surface area contributed by atoms with Gasteiger partial charge in [0, 0.05) is 24.4 Å². The van der Waals surface area contributed by atoms with Crippen LogP contribution in [0, 0.1) is 0 Å². The van der Waals surface area contributed by atoms with Crippen molar-refractivity contribution in [1.82, 2.24) is 10.3 Å². The lowest BCUT2D eigenvalue weighted by Crippen LogP contribution is -2.27. The van der Waals surface area contributed by atoms with Crippen LogP contribution in [0.3, 0.4) is 0 Å². The molecule has 1 aliphatic heterocycles. The molecular formula is C16H15N3O4. The van der Waals surface area contributed by atoms with Crippen molar-refractivity contribution in [2.75, 3.05) is 18.5 Å². The lowest BCUT2D eigenvalue weighted by molar-refractivity contribution is -0.118. The Labute approximate surface area is 131 Å². The summed E-state index contributed by atoms with van der Waals surface area (Å²) in [7, 11) is 0. The SMILES string of the molecule is O=C1COc2cc(C(=O)NCCc3ccc(=O)[nH]c3)ccc2N1. The van der Waals surface area contributed by atoms with Crippen molar-refractivity contribution in [3.63, 3.8) is 0 Å². The highest BCUT2D eigenvalue weighted by molar-refractivity contribution is 5.98. The Morgan fingerprint density at radius 2 is 2.09 bits per heavy atom. The minimum atomic E-state index is -0.224. The van der Waals surface area contributed by atoms with Gasteiger partial charge in [0.25, 0.3) is 11.8 Å². The summed E-state index contributed by atoms with van der Waals surface area (Å²) < 4.78 is 5.29. The Morgan fingerprint density at radius 1 is 1.22 bits per heavy atom. The monoisotopic (exact) mass is 313 g/mol. The predicted molar refractivity (Wildman–Crippen MR) is 83.7 cm³/mol. The van der Waals surface area contributed by atoms with Gasteiger partial charge in [-0.15, -0.1) is 0 Å². The van der Waals surface area contributed by atoms with E-state index in [2.05, 4.69) is 15.6 Å². The van der Waals surface area contributed by atoms with E-state index in [0.717, 1.165) is 5.56 Å². The van der Waals surface area contributed by atoms with Crippen molar-refractivity contribution in [3.05, 3.63) is 58.0 Å². The Morgan fingerprint density at radius 3 is 2.87 bits per heavy atom. The molecule has 3 N–H and O–H groups in total. The molecule has 7 nitrogen and oxygen atoms in total. The number of ether oxygens (including phenoxy) is 1. The van der Waals surface area contributed by atoms with E-state index in [-0.39, 0.29) is 24.0 Å². The van der Waals surface area contributed by atoms with Gasteiger partial charge in [0.05, 0.1) is 5.69 Å². The Kier molecular flexibility index (Phi) is 4.09. The molecule has 0 unspecified atom stereocenters. The van der Waals surface area contributed by atoms with Crippen LogP contribution in [0.4, 0.5) is 5.69 Å². The van der Waals surface area contributed by atoms with Gasteiger partial charge in [-0.05, 0) is 30.2 Å². The molecule has 0 atom stereocenters. The van der Waals surface area contributed by atoms with E-state index in [4.69, 9.17) is 4.74 Å². The molecule has 2 heterocycles. The number of pyridine rings is 1. The summed E-state index contributed by atoms with van der Waals surface area (Å²) in [4.78, 5) is 36.9. The largest absolute Gasteiger partial charge is 0.482 e. The average Bonchev–Trinajstić information content (AvgIpc) is 2.56. The summed E-state index contributed by atoms with van der Waals surface area (Å²) in [5, 5.41) is 5.47. The van der Waals surface area contributed by atoms with Crippen LogP contribution >= 0.6 is 0 Å². The lowest BCUT2D eigenvalue weighted by atomic mass is 10.1. The first-order chi connectivity index (χ1) is 11.1. The number of amides is 2. The topological polar surface area (TPSA) is 100 Å². The van der Waals surface area contributed by atoms with Gasteiger partial charge in [0.2, 0.25) is 5.56 Å². The van der Waals surface area contributed by atoms with E-state index in [1.54, 1.807) is 30.5 Å². The normalized spacial score (nSPS) is 12.8. The molecule has 0 radical (unpaired) electrons. The number of nitrogens with one attached hydrogen (secondary N) is 3. The van der Waals surface area contributed by atoms with Crippen LogP contribution in [0.25, 0.3) is 0 Å². The molecule has 0 saturated heterocycles. The molecule has 0 fully saturated rings. The van der Waals surface area contributed by atoms with Crippen molar-refractivity contribution in [2.45, 2.75) is 6.42 Å². The second kappa shape index (κ2) is 6.35. The van der Waals surface area contributed by atoms with Crippen LogP contribution in [0.2, 0.25) is 0 Å². The number of hydrogen-bond acceptors (Lipinski definition) is 4. The number of anilines is 1. The van der Waals surface area contributed by atoms with Crippen LogP contribution in [0.15, 0.2) is 41.3 Å². The fraction of sp³-hybridized carbons (Fsp3) is 0.188. The second-order valence-electron chi connectivity index (χ2n) is 5.11. The fourth-order valence-electron chi connectivity index (χ4n) is 2.24. The number of benzene rings is 1. The summed E-state index contributed by atoms with van der Waals surface area (Å²) in [5.41, 5.74) is 1.80. The minimum Gasteiger partial charge on any atom is -0.482 e. The van der Waals surface area contributed by atoms with Gasteiger partial charge in [-0.2, -0.15) is 0 Å². The molecule has 0 spiro atoms. The van der Waals surface area contributed by atoms with Gasteiger partial charge in [0.15, 0.2) is 6.61 Å². The summed E-state index contributed by atoms with van der Waals surface area (Å²) >= 11 is 0. The van der Waals surface area contributed by atoms with E-state index in [1.807, 2.05) is 0 Å². The zero-order chi connectivity index (χ0) is 16.2. The van der Waals surface area contributed by atoms with Crippen molar-refractivity contribution < 1.29 is 14.3 Å². The molecule has 1 aromatic carbocycles. The van der Waals surface area contributed by atoms with E-state index in [9.17, 15) is 14.4 Å². The number of hydrogen-bond donors (Lipinski definition) is 3. The van der Waals surface area contributed by atoms with Crippen LogP contribution in [-0.4, -0.2) is 29.9 Å². The average molecular weight is 313 g/mol. The maximum absolute atomic E-state index is 12.1. The summed E-state index contributed by atoms with van der Waals surface area (Å²) in [6, 6.07) is 8.04. The smallest absolute Gasteiger partial charge is 0.262 e. The van der Waals surface area contributed by atoms with Crippen molar-refractivity contribution in [3.8, 4) is 5.75 Å². The van der Waals surface area contributed by atoms with Gasteiger partial charge in [0.1, 0.15) is 5.75 Å². The lowest BCUT2D eigenvalue weighted by Gasteiger charge is -2.18. The maximum atomic E-state index is 12.1. The molecular weight excluding hydrogens is 298 g/mol. The number of H-pyrrole nitrogens is 1. The summed E-state index contributed by atoms with van der Waals surface area (Å²) in [5.74, 6) is 0.0474. The Balaban J connectivity index is 1.59. The molecule has 0 aliphatic carbocycles. The molecule has 1 aromatic heterocycles. The fourth-order valence-corrected chi connectivity index (χ4v) is 2.24. The highest BCUT2D eigenvalue weighted by atomic mass is 16.5. The van der Waals surface area contributed by atoms with Crippen LogP contribution < -0.4 is 20.9 Å². The number of carbonyl (C=O) groups excluding carboxylic acids is 2. The zero-order valence-corrected chi connectivity index (χ0v) is 12.2. The van der Waals surface area contributed by atoms with Gasteiger partial charge in [-0.3, -0.25) is 14.4 Å². The molecule has 3 rings (SSSR count). The van der Waals surface area contributed by atoms with Gasteiger partial charge < -0.3 is 20.4 Å². The maximum Gasteiger partial charge on any atom is 0.262 e. The number of aromatic nitrogens is 1. The molecule has 7 heteroatoms. The highest BCUT2D eigenvalue weighted by Gasteiger charge is 2.17. The van der Waals surface area contributed by atoms with Gasteiger partial charge in [-0.1, -0.05) is 6.07 Å². The van der Waals surface area contributed by atoms with E-state index in [0.29, 0.717) is 30.0 Å². The van der Waals surface area contributed by atoms with Crippen LogP contribution in [0.5, 0.6) is 5.75 Å². The van der Waals surface area contributed by atoms with Crippen molar-refractivity contribution >= 4 is 17.5 Å². The van der Waals surface area contributed by atoms with E-state index < -0.39 is 0 Å². The minimum absolute atomic E-state index is 0.0513. The van der Waals surface area contributed by atoms with Gasteiger partial charge in [-0.25, -0.2) is 0 Å². The summed E-state index contributed by atoms with van der Waals surface area (Å²) in [6.45, 7) is 0.393. The number of rotatable bonds is 4. The number of carbonyl (C=O) groups is 2. The van der Waals surface area contributed by atoms with Crippen molar-refractivity contribution in [2.24, 2.45) is 0 Å². The highest BCUT2D eigenvalue weighted by Crippen LogP contribution is 2.28. The number of aromatic amines is 1. The van der Waals surface area contributed by atoms with Gasteiger partial charge >= 0.3 is 0 Å². The number of fused-ring (bicyclic) bond motifs is 1. The Hall–Kier alpha value is -3.09. The molecule has 2 aromatic rings. The molecule has 23 heavy (non-hydrogen) atoms. The third-order valence-electron chi connectivity index (χ3n) is 3.42. The predicted octanol–water partition coefficient (Wildman–Crippen LogP) is 0.678. The quantitative estimate of drug-likeness (QED) is 0.772. The zero-order valence-electron chi connectivity index (χ0n) is 12.2. The van der Waals surface area contributed by atoms with Crippen molar-refractivity contribution in [1.29, 1.82) is 0 Å². The molecule has 118 valence electrons. The first-order valence-corrected chi connectivity index (χ1v) is 7.14. The first-order valence-electron chi connectivity index (χ1n) is 7.14. The third-order valence-corrected chi connectivity index (χ3v) is 3.42. The molecule has 0 saturated carbocycles. The molecule has 0 bridgehead atoms. The van der Waals surface area contributed by atoms with Crippen LogP contribution in [0.1, 0.15) is 15.9 Å². The summed E-state index contributed by atoms with van der Waals surface area (Å²) in [6.07, 6.45) is 2.24. The molecule has 1 aliphatic rings. The van der Waals surface area contributed by atoms with E-state index in [1.165, 1.54) is 6.07 Å². The first kappa shape index (κ1) is 14.8. The van der Waals surface area contributed by atoms with Crippen LogP contribution in [-0.2, 0) is 11.2 Å².